The molecule has 0 unspecified atom stereocenters. The first-order valence-corrected chi connectivity index (χ1v) is 6.04. The molecular formula is C13H20N2O2. The Labute approximate surface area is 101 Å². The molecule has 0 amide bonds. The first kappa shape index (κ1) is 12.2. The van der Waals surface area contributed by atoms with Gasteiger partial charge in [-0.15, -0.1) is 0 Å². The number of carboxylic acids is 1. The van der Waals surface area contributed by atoms with Gasteiger partial charge in [0.15, 0.2) is 0 Å². The lowest BCUT2D eigenvalue weighted by Crippen LogP contribution is -2.38. The molecule has 0 radical (unpaired) electrons. The number of hydrogen-bond acceptors (Lipinski definition) is 2. The Kier molecular flexibility index (Phi) is 3.00. The summed E-state index contributed by atoms with van der Waals surface area (Å²) in [6, 6.07) is 2.06. The van der Waals surface area contributed by atoms with Crippen LogP contribution in [-0.2, 0) is 10.2 Å². The predicted octanol–water partition coefficient (Wildman–Crippen LogP) is 1.75. The van der Waals surface area contributed by atoms with Crippen molar-refractivity contribution in [2.24, 2.45) is 5.41 Å². The van der Waals surface area contributed by atoms with E-state index in [1.165, 1.54) is 5.56 Å². The highest BCUT2D eigenvalue weighted by Crippen LogP contribution is 2.45. The summed E-state index contributed by atoms with van der Waals surface area (Å²) >= 11 is 0. The molecule has 0 spiro atoms. The van der Waals surface area contributed by atoms with E-state index in [0.29, 0.717) is 6.54 Å². The van der Waals surface area contributed by atoms with Crippen molar-refractivity contribution < 1.29 is 9.90 Å². The number of carboxylic acid groups (broad SMARTS) is 1. The number of aromatic amines is 1. The SMILES string of the molecule is CC(C)(CNCC1(C(=O)O)CC1)c1cc[nH]c1. The van der Waals surface area contributed by atoms with Gasteiger partial charge in [-0.2, -0.15) is 0 Å². The van der Waals surface area contributed by atoms with Crippen molar-refractivity contribution in [1.82, 2.24) is 10.3 Å². The van der Waals surface area contributed by atoms with Gasteiger partial charge >= 0.3 is 5.97 Å². The lowest BCUT2D eigenvalue weighted by molar-refractivity contribution is -0.143. The molecule has 1 fully saturated rings. The predicted molar refractivity (Wildman–Crippen MR) is 66.0 cm³/mol. The van der Waals surface area contributed by atoms with E-state index in [0.717, 1.165) is 19.4 Å². The number of H-pyrrole nitrogens is 1. The highest BCUT2D eigenvalue weighted by atomic mass is 16.4. The summed E-state index contributed by atoms with van der Waals surface area (Å²) in [5, 5.41) is 12.4. The van der Waals surface area contributed by atoms with E-state index in [4.69, 9.17) is 5.11 Å². The van der Waals surface area contributed by atoms with Crippen LogP contribution in [0.2, 0.25) is 0 Å². The van der Waals surface area contributed by atoms with Crippen LogP contribution in [0.1, 0.15) is 32.3 Å². The normalized spacial score (nSPS) is 18.0. The molecule has 0 atom stereocenters. The van der Waals surface area contributed by atoms with Crippen molar-refractivity contribution in [1.29, 1.82) is 0 Å². The lowest BCUT2D eigenvalue weighted by atomic mass is 9.86. The molecule has 1 heterocycles. The summed E-state index contributed by atoms with van der Waals surface area (Å²) in [6.45, 7) is 5.68. The van der Waals surface area contributed by atoms with Crippen molar-refractivity contribution in [3.63, 3.8) is 0 Å². The van der Waals surface area contributed by atoms with Crippen LogP contribution in [-0.4, -0.2) is 29.1 Å². The Morgan fingerprint density at radius 3 is 2.76 bits per heavy atom. The quantitative estimate of drug-likeness (QED) is 0.705. The number of nitrogens with one attached hydrogen (secondary N) is 2. The maximum atomic E-state index is 11.0. The lowest BCUT2D eigenvalue weighted by Gasteiger charge is -2.25. The minimum Gasteiger partial charge on any atom is -0.481 e. The molecule has 4 nitrogen and oxygen atoms in total. The molecule has 1 aliphatic rings. The second-order valence-electron chi connectivity index (χ2n) is 5.67. The standard InChI is InChI=1S/C13H20N2O2/c1-12(2,10-3-6-14-7-10)8-15-9-13(4-5-13)11(16)17/h3,6-7,14-15H,4-5,8-9H2,1-2H3,(H,16,17). The van der Waals surface area contributed by atoms with Gasteiger partial charge in [0, 0.05) is 30.9 Å². The highest BCUT2D eigenvalue weighted by molar-refractivity contribution is 5.78. The Morgan fingerprint density at radius 2 is 2.29 bits per heavy atom. The first-order chi connectivity index (χ1) is 7.96. The molecule has 0 bridgehead atoms. The van der Waals surface area contributed by atoms with Gasteiger partial charge < -0.3 is 15.4 Å². The van der Waals surface area contributed by atoms with E-state index in [1.54, 1.807) is 0 Å². The fourth-order valence-corrected chi connectivity index (χ4v) is 2.08. The van der Waals surface area contributed by atoms with Gasteiger partial charge in [0.2, 0.25) is 0 Å². The fourth-order valence-electron chi connectivity index (χ4n) is 2.08. The monoisotopic (exact) mass is 236 g/mol. The Bertz CT molecular complexity index is 392. The third-order valence-electron chi connectivity index (χ3n) is 3.72. The van der Waals surface area contributed by atoms with E-state index in [2.05, 4.69) is 30.2 Å². The molecule has 1 aliphatic carbocycles. The summed E-state index contributed by atoms with van der Waals surface area (Å²) < 4.78 is 0. The summed E-state index contributed by atoms with van der Waals surface area (Å²) in [7, 11) is 0. The van der Waals surface area contributed by atoms with Crippen molar-refractivity contribution in [2.75, 3.05) is 13.1 Å². The van der Waals surface area contributed by atoms with Crippen molar-refractivity contribution in [3.8, 4) is 0 Å². The average Bonchev–Trinajstić information content (AvgIpc) is 2.84. The third kappa shape index (κ3) is 2.52. The first-order valence-electron chi connectivity index (χ1n) is 6.04. The Hall–Kier alpha value is -1.29. The fraction of sp³-hybridized carbons (Fsp3) is 0.615. The average molecular weight is 236 g/mol. The van der Waals surface area contributed by atoms with Gasteiger partial charge in [-0.3, -0.25) is 4.79 Å². The number of aliphatic carboxylic acids is 1. The molecule has 1 aromatic heterocycles. The van der Waals surface area contributed by atoms with E-state index < -0.39 is 11.4 Å². The molecule has 1 aromatic rings. The smallest absolute Gasteiger partial charge is 0.310 e. The third-order valence-corrected chi connectivity index (χ3v) is 3.72. The molecule has 94 valence electrons. The van der Waals surface area contributed by atoms with E-state index >= 15 is 0 Å². The van der Waals surface area contributed by atoms with Crippen molar-refractivity contribution in [3.05, 3.63) is 24.0 Å². The van der Waals surface area contributed by atoms with Crippen LogP contribution < -0.4 is 5.32 Å². The zero-order valence-electron chi connectivity index (χ0n) is 10.4. The van der Waals surface area contributed by atoms with Crippen molar-refractivity contribution >= 4 is 5.97 Å². The van der Waals surface area contributed by atoms with Crippen LogP contribution in [0.4, 0.5) is 0 Å². The van der Waals surface area contributed by atoms with Crippen LogP contribution in [0.25, 0.3) is 0 Å². The van der Waals surface area contributed by atoms with E-state index in [1.807, 2.05) is 12.4 Å². The zero-order chi connectivity index (χ0) is 12.5. The summed E-state index contributed by atoms with van der Waals surface area (Å²) in [6.07, 6.45) is 5.52. The van der Waals surface area contributed by atoms with Gasteiger partial charge in [-0.25, -0.2) is 0 Å². The van der Waals surface area contributed by atoms with Gasteiger partial charge in [0.05, 0.1) is 5.41 Å². The topological polar surface area (TPSA) is 65.1 Å². The van der Waals surface area contributed by atoms with Gasteiger partial charge in [0.25, 0.3) is 0 Å². The number of rotatable bonds is 6. The van der Waals surface area contributed by atoms with Gasteiger partial charge in [-0.1, -0.05) is 13.8 Å². The molecule has 4 heteroatoms. The van der Waals surface area contributed by atoms with Crippen LogP contribution in [0.3, 0.4) is 0 Å². The van der Waals surface area contributed by atoms with E-state index in [9.17, 15) is 4.79 Å². The summed E-state index contributed by atoms with van der Waals surface area (Å²) in [5.74, 6) is -0.663. The second kappa shape index (κ2) is 4.18. The number of carbonyl (C=O) groups is 1. The van der Waals surface area contributed by atoms with Crippen LogP contribution in [0.15, 0.2) is 18.5 Å². The van der Waals surface area contributed by atoms with Crippen LogP contribution in [0.5, 0.6) is 0 Å². The largest absolute Gasteiger partial charge is 0.481 e. The minimum atomic E-state index is -0.663. The van der Waals surface area contributed by atoms with Gasteiger partial charge in [-0.05, 0) is 24.5 Å². The highest BCUT2D eigenvalue weighted by Gasteiger charge is 2.49. The Balaban J connectivity index is 1.85. The van der Waals surface area contributed by atoms with Crippen LogP contribution >= 0.6 is 0 Å². The molecular weight excluding hydrogens is 216 g/mol. The summed E-state index contributed by atoms with van der Waals surface area (Å²) in [4.78, 5) is 14.1. The second-order valence-corrected chi connectivity index (χ2v) is 5.67. The molecule has 1 saturated carbocycles. The maximum Gasteiger partial charge on any atom is 0.310 e. The molecule has 17 heavy (non-hydrogen) atoms. The van der Waals surface area contributed by atoms with Gasteiger partial charge in [0.1, 0.15) is 0 Å². The Morgan fingerprint density at radius 1 is 1.59 bits per heavy atom. The van der Waals surface area contributed by atoms with E-state index in [-0.39, 0.29) is 5.41 Å². The maximum absolute atomic E-state index is 11.0. The molecule has 0 aromatic carbocycles. The summed E-state index contributed by atoms with van der Waals surface area (Å²) in [5.41, 5.74) is 0.785. The minimum absolute atomic E-state index is 0.0224. The molecule has 0 aliphatic heterocycles. The number of hydrogen-bond donors (Lipinski definition) is 3. The molecule has 0 saturated heterocycles. The van der Waals surface area contributed by atoms with Crippen molar-refractivity contribution in [2.45, 2.75) is 32.1 Å². The molecule has 2 rings (SSSR count). The number of aromatic nitrogens is 1. The molecule has 3 N–H and O–H groups in total. The zero-order valence-corrected chi connectivity index (χ0v) is 10.4. The van der Waals surface area contributed by atoms with Crippen LogP contribution in [0, 0.1) is 5.41 Å².